The number of rotatable bonds is 7. The average molecular weight is 508 g/mol. The van der Waals surface area contributed by atoms with E-state index in [4.69, 9.17) is 0 Å². The van der Waals surface area contributed by atoms with Crippen molar-refractivity contribution in [3.05, 3.63) is 70.1 Å². The van der Waals surface area contributed by atoms with Gasteiger partial charge in [-0.2, -0.15) is 0 Å². The zero-order chi connectivity index (χ0) is 24.6. The van der Waals surface area contributed by atoms with Crippen molar-refractivity contribution in [2.45, 2.75) is 51.2 Å². The first-order chi connectivity index (χ1) is 17.0. The molecule has 2 aliphatic rings. The Bertz CT molecular complexity index is 1160. The van der Waals surface area contributed by atoms with Gasteiger partial charge in [-0.25, -0.2) is 9.98 Å². The van der Waals surface area contributed by atoms with E-state index in [1.54, 1.807) is 23.5 Å². The summed E-state index contributed by atoms with van der Waals surface area (Å²) in [6, 6.07) is 13.7. The van der Waals surface area contributed by atoms with Gasteiger partial charge < -0.3 is 10.6 Å². The van der Waals surface area contributed by atoms with Crippen LogP contribution < -0.4 is 16.0 Å². The first-order valence-corrected chi connectivity index (χ1v) is 13.3. The maximum Gasteiger partial charge on any atom is 0.290 e. The molecule has 35 heavy (non-hydrogen) atoms. The molecule has 3 N–H and O–H groups in total. The highest BCUT2D eigenvalue weighted by Gasteiger charge is 2.25. The summed E-state index contributed by atoms with van der Waals surface area (Å²) in [6.45, 7) is 6.31. The van der Waals surface area contributed by atoms with E-state index in [0.717, 1.165) is 44.0 Å². The minimum Gasteiger partial charge on any atom is -0.351 e. The summed E-state index contributed by atoms with van der Waals surface area (Å²) in [5.41, 5.74) is 3.11. The number of carbonyl (C=O) groups is 2. The van der Waals surface area contributed by atoms with Crippen LogP contribution in [-0.4, -0.2) is 35.9 Å². The highest BCUT2D eigenvalue weighted by Crippen LogP contribution is 2.26. The van der Waals surface area contributed by atoms with Crippen molar-refractivity contribution in [2.24, 2.45) is 9.98 Å². The molecule has 1 saturated heterocycles. The predicted molar refractivity (Wildman–Crippen MR) is 146 cm³/mol. The zero-order valence-electron chi connectivity index (χ0n) is 19.6. The summed E-state index contributed by atoms with van der Waals surface area (Å²) < 4.78 is 0. The van der Waals surface area contributed by atoms with E-state index >= 15 is 0 Å². The van der Waals surface area contributed by atoms with Gasteiger partial charge in [-0.3, -0.25) is 14.9 Å². The van der Waals surface area contributed by atoms with Gasteiger partial charge in [0.1, 0.15) is 0 Å². The molecule has 0 spiro atoms. The van der Waals surface area contributed by atoms with E-state index < -0.39 is 5.91 Å². The number of nitrogens with zero attached hydrogens (tertiary/aromatic N) is 2. The summed E-state index contributed by atoms with van der Waals surface area (Å²) in [7, 11) is 0. The number of imide groups is 1. The molecule has 2 fully saturated rings. The van der Waals surface area contributed by atoms with Gasteiger partial charge in [0.15, 0.2) is 0 Å². The highest BCUT2D eigenvalue weighted by atomic mass is 32.2. The maximum absolute atomic E-state index is 11.8. The minimum atomic E-state index is -0.403. The van der Waals surface area contributed by atoms with Crippen LogP contribution in [0.4, 0.5) is 4.79 Å². The number of benzene rings is 1. The fourth-order valence-electron chi connectivity index (χ4n) is 4.14. The maximum atomic E-state index is 11.8. The number of amides is 2. The lowest BCUT2D eigenvalue weighted by Crippen LogP contribution is -2.41. The average Bonchev–Trinajstić information content (AvgIpc) is 3.52. The fraction of sp³-hybridized carbons (Fsp3) is 0.308. The van der Waals surface area contributed by atoms with Crippen LogP contribution in [0.25, 0.3) is 10.4 Å². The van der Waals surface area contributed by atoms with E-state index in [1.807, 2.05) is 6.92 Å². The summed E-state index contributed by atoms with van der Waals surface area (Å²) >= 11 is 2.63. The topological polar surface area (TPSA) is 95.0 Å². The van der Waals surface area contributed by atoms with Crippen LogP contribution in [-0.2, 0) is 11.3 Å². The molecule has 2 aromatic rings. The molecule has 182 valence electrons. The van der Waals surface area contributed by atoms with Crippen LogP contribution in [0.15, 0.2) is 74.5 Å². The van der Waals surface area contributed by atoms with Gasteiger partial charge in [0, 0.05) is 23.5 Å². The molecule has 9 heteroatoms. The number of guanidine groups is 1. The number of thiophene rings is 1. The van der Waals surface area contributed by atoms with E-state index in [9.17, 15) is 9.59 Å². The number of hydrogen-bond donors (Lipinski definition) is 3. The predicted octanol–water partition coefficient (Wildman–Crippen LogP) is 5.23. The molecule has 1 aliphatic heterocycles. The van der Waals surface area contributed by atoms with Gasteiger partial charge in [-0.05, 0) is 85.8 Å². The summed E-state index contributed by atoms with van der Waals surface area (Å²) in [6.07, 6.45) is 7.48. The Morgan fingerprint density at radius 3 is 2.63 bits per heavy atom. The van der Waals surface area contributed by atoms with Crippen molar-refractivity contribution in [3.63, 3.8) is 0 Å². The normalized spacial score (nSPS) is 22.4. The Labute approximate surface area is 213 Å². The van der Waals surface area contributed by atoms with Crippen LogP contribution >= 0.6 is 23.1 Å². The molecule has 0 radical (unpaired) electrons. The van der Waals surface area contributed by atoms with E-state index in [1.165, 1.54) is 16.0 Å². The Morgan fingerprint density at radius 1 is 1.17 bits per heavy atom. The first kappa shape index (κ1) is 25.1. The number of thioether (sulfide) groups is 1. The van der Waals surface area contributed by atoms with Crippen LogP contribution in [0, 0.1) is 0 Å². The number of hydrogen-bond acceptors (Lipinski definition) is 6. The number of carbonyl (C=O) groups excluding carboxylic acids is 2. The van der Waals surface area contributed by atoms with Gasteiger partial charge in [0.05, 0.1) is 10.6 Å². The molecule has 0 unspecified atom stereocenters. The van der Waals surface area contributed by atoms with Crippen molar-refractivity contribution in [2.75, 3.05) is 0 Å². The summed E-state index contributed by atoms with van der Waals surface area (Å²) in [5, 5.41) is 11.1. The van der Waals surface area contributed by atoms with E-state index in [2.05, 4.69) is 74.4 Å². The monoisotopic (exact) mass is 507 g/mol. The van der Waals surface area contributed by atoms with Crippen LogP contribution in [0.3, 0.4) is 0 Å². The SMILES string of the molecule is C=N\C(=N/C(=C\C)/C=C1\SC(=O)NC1=O)N[C@H]1CC[C@H](NCc2cccc(-c3cccs3)c2)CC1. The number of aliphatic imine (C=N–C) groups is 2. The van der Waals surface area contributed by atoms with Crippen molar-refractivity contribution in [1.29, 1.82) is 0 Å². The second-order valence-electron chi connectivity index (χ2n) is 8.41. The van der Waals surface area contributed by atoms with Gasteiger partial charge in [0.2, 0.25) is 5.96 Å². The van der Waals surface area contributed by atoms with E-state index in [-0.39, 0.29) is 11.3 Å². The van der Waals surface area contributed by atoms with Gasteiger partial charge in [-0.15, -0.1) is 11.3 Å². The molecule has 0 bridgehead atoms. The molecule has 7 nitrogen and oxygen atoms in total. The molecular formula is C26H29N5O2S2. The quantitative estimate of drug-likeness (QED) is 0.271. The van der Waals surface area contributed by atoms with Crippen LogP contribution in [0.5, 0.6) is 0 Å². The van der Waals surface area contributed by atoms with Crippen LogP contribution in [0.2, 0.25) is 0 Å². The van der Waals surface area contributed by atoms with Crippen molar-refractivity contribution >= 4 is 46.9 Å². The van der Waals surface area contributed by atoms with Gasteiger partial charge in [0.25, 0.3) is 11.1 Å². The lowest BCUT2D eigenvalue weighted by atomic mass is 9.91. The van der Waals surface area contributed by atoms with Crippen molar-refractivity contribution in [1.82, 2.24) is 16.0 Å². The molecule has 2 amide bonds. The molecule has 1 aromatic heterocycles. The van der Waals surface area contributed by atoms with Crippen molar-refractivity contribution < 1.29 is 9.59 Å². The summed E-state index contributed by atoms with van der Waals surface area (Å²) in [5.74, 6) is 0.0196. The van der Waals surface area contributed by atoms with Crippen LogP contribution in [0.1, 0.15) is 38.2 Å². The third kappa shape index (κ3) is 7.00. The Hall–Kier alpha value is -3.01. The Kier molecular flexibility index (Phi) is 8.68. The first-order valence-electron chi connectivity index (χ1n) is 11.6. The minimum absolute atomic E-state index is 0.260. The smallest absolute Gasteiger partial charge is 0.290 e. The Morgan fingerprint density at radius 2 is 1.97 bits per heavy atom. The van der Waals surface area contributed by atoms with E-state index in [0.29, 0.717) is 22.6 Å². The Balaban J connectivity index is 1.27. The zero-order valence-corrected chi connectivity index (χ0v) is 21.3. The lowest BCUT2D eigenvalue weighted by Gasteiger charge is -2.30. The molecule has 0 atom stereocenters. The van der Waals surface area contributed by atoms with Crippen molar-refractivity contribution in [3.8, 4) is 10.4 Å². The molecule has 1 saturated carbocycles. The highest BCUT2D eigenvalue weighted by molar-refractivity contribution is 8.18. The van der Waals surface area contributed by atoms with Gasteiger partial charge >= 0.3 is 0 Å². The molecule has 4 rings (SSSR count). The number of nitrogens with one attached hydrogen (secondary N) is 3. The van der Waals surface area contributed by atoms with Gasteiger partial charge in [-0.1, -0.05) is 30.3 Å². The number of allylic oxidation sites excluding steroid dienone is 2. The summed E-state index contributed by atoms with van der Waals surface area (Å²) in [4.78, 5) is 33.3. The second-order valence-corrected chi connectivity index (χ2v) is 10.4. The lowest BCUT2D eigenvalue weighted by molar-refractivity contribution is -0.115. The molecule has 2 heterocycles. The third-order valence-corrected chi connectivity index (χ3v) is 7.72. The molecular weight excluding hydrogens is 478 g/mol. The largest absolute Gasteiger partial charge is 0.351 e. The standard InChI is InChI=1S/C26H29N5O2S2/c1-3-19(15-23-24(32)31-26(33)35-23)29-25(27-2)30-21-11-9-20(10-12-21)28-16-17-6-4-7-18(14-17)22-8-5-13-34-22/h3-8,13-15,20-21,28H,2,9-12,16H2,1H3,(H,29,30)(H,31,32,33)/b19-3-,23-15-/t20-,21-. The second kappa shape index (κ2) is 12.1. The third-order valence-electron chi connectivity index (χ3n) is 5.99. The molecule has 1 aliphatic carbocycles. The fourth-order valence-corrected chi connectivity index (χ4v) is 5.53. The molecule has 1 aromatic carbocycles.